The van der Waals surface area contributed by atoms with E-state index in [9.17, 15) is 5.11 Å². The summed E-state index contributed by atoms with van der Waals surface area (Å²) in [6.45, 7) is 0. The van der Waals surface area contributed by atoms with Crippen molar-refractivity contribution in [3.8, 4) is 28.3 Å². The minimum Gasteiger partial charge on any atom is -0.507 e. The Morgan fingerprint density at radius 2 is 1.45 bits per heavy atom. The van der Waals surface area contributed by atoms with E-state index in [1.54, 1.807) is 17.8 Å². The number of aromatic hydroxyl groups is 1. The molecule has 0 unspecified atom stereocenters. The number of rotatable bonds is 6. The molecule has 3 nitrogen and oxygen atoms in total. The largest absolute Gasteiger partial charge is 0.507 e. The predicted octanol–water partition coefficient (Wildman–Crippen LogP) is 7.26. The smallest absolute Gasteiger partial charge is 0.124 e. The molecule has 0 aliphatic heterocycles. The lowest BCUT2D eigenvalue weighted by atomic mass is 10.0. The van der Waals surface area contributed by atoms with Crippen LogP contribution in [0.3, 0.4) is 0 Å². The highest BCUT2D eigenvalue weighted by Crippen LogP contribution is 2.33. The highest BCUT2D eigenvalue weighted by Gasteiger charge is 2.10. The lowest BCUT2D eigenvalue weighted by Crippen LogP contribution is -1.93. The average molecular weight is 447 g/mol. The maximum atomic E-state index is 10.3. The molecular weight excluding hydrogens is 424 g/mol. The highest BCUT2D eigenvalue weighted by atomic mass is 32.2. The average Bonchev–Trinajstić information content (AvgIpc) is 2.85. The summed E-state index contributed by atoms with van der Waals surface area (Å²) in [7, 11) is 0. The number of phenols is 1. The van der Waals surface area contributed by atoms with E-state index < -0.39 is 0 Å². The third-order valence-electron chi connectivity index (χ3n) is 5.30. The van der Waals surface area contributed by atoms with Gasteiger partial charge in [0.05, 0.1) is 11.4 Å². The van der Waals surface area contributed by atoms with E-state index in [1.165, 1.54) is 11.1 Å². The number of pyridine rings is 2. The van der Waals surface area contributed by atoms with Crippen molar-refractivity contribution in [2.75, 3.05) is 0 Å². The topological polar surface area (TPSA) is 46.0 Å². The standard InChI is InChI=1S/C29H22N2OS/c32-28-14-5-4-11-25(28)27-13-8-12-26(31-27)23-18-22(17-21-9-2-1-3-10-21)19-24(20-23)33-29-15-6-7-16-30-29/h1-16,18-20,32H,17H2. The van der Waals surface area contributed by atoms with Crippen LogP contribution in [0, 0.1) is 0 Å². The summed E-state index contributed by atoms with van der Waals surface area (Å²) in [5.41, 5.74) is 5.86. The zero-order valence-corrected chi connectivity index (χ0v) is 18.7. The Balaban J connectivity index is 1.56. The van der Waals surface area contributed by atoms with Crippen LogP contribution in [-0.4, -0.2) is 15.1 Å². The molecule has 0 radical (unpaired) electrons. The molecule has 160 valence electrons. The van der Waals surface area contributed by atoms with E-state index in [0.717, 1.165) is 38.9 Å². The second kappa shape index (κ2) is 9.72. The van der Waals surface area contributed by atoms with E-state index in [-0.39, 0.29) is 5.75 Å². The molecule has 0 aliphatic rings. The van der Waals surface area contributed by atoms with Gasteiger partial charge in [-0.1, -0.05) is 66.4 Å². The fourth-order valence-corrected chi connectivity index (χ4v) is 4.66. The number of nitrogens with zero attached hydrogens (tertiary/aromatic N) is 2. The van der Waals surface area contributed by atoms with Crippen molar-refractivity contribution in [2.24, 2.45) is 0 Å². The Morgan fingerprint density at radius 3 is 2.27 bits per heavy atom. The molecule has 0 amide bonds. The van der Waals surface area contributed by atoms with Crippen LogP contribution in [-0.2, 0) is 6.42 Å². The van der Waals surface area contributed by atoms with Gasteiger partial charge in [0.1, 0.15) is 10.8 Å². The van der Waals surface area contributed by atoms with Crippen molar-refractivity contribution >= 4 is 11.8 Å². The van der Waals surface area contributed by atoms with Gasteiger partial charge in [-0.2, -0.15) is 0 Å². The molecule has 2 aromatic heterocycles. The van der Waals surface area contributed by atoms with Gasteiger partial charge in [0, 0.05) is 22.2 Å². The van der Waals surface area contributed by atoms with E-state index in [0.29, 0.717) is 0 Å². The van der Waals surface area contributed by atoms with Crippen molar-refractivity contribution in [1.29, 1.82) is 0 Å². The summed E-state index contributed by atoms with van der Waals surface area (Å²) >= 11 is 1.65. The van der Waals surface area contributed by atoms with Crippen molar-refractivity contribution in [3.05, 3.63) is 127 Å². The molecular formula is C29H22N2OS. The minimum atomic E-state index is 0.228. The van der Waals surface area contributed by atoms with Gasteiger partial charge in [-0.25, -0.2) is 9.97 Å². The summed E-state index contributed by atoms with van der Waals surface area (Å²) < 4.78 is 0. The molecule has 0 spiro atoms. The van der Waals surface area contributed by atoms with Gasteiger partial charge in [-0.3, -0.25) is 0 Å². The fraction of sp³-hybridized carbons (Fsp3) is 0.0345. The van der Waals surface area contributed by atoms with Crippen LogP contribution >= 0.6 is 11.8 Å². The Bertz CT molecular complexity index is 1310. The lowest BCUT2D eigenvalue weighted by Gasteiger charge is -2.11. The van der Waals surface area contributed by atoms with E-state index in [1.807, 2.05) is 66.9 Å². The number of benzene rings is 3. The van der Waals surface area contributed by atoms with Crippen molar-refractivity contribution < 1.29 is 5.11 Å². The van der Waals surface area contributed by atoms with Crippen LogP contribution in [0.25, 0.3) is 22.5 Å². The zero-order valence-electron chi connectivity index (χ0n) is 17.9. The first-order chi connectivity index (χ1) is 16.2. The van der Waals surface area contributed by atoms with Gasteiger partial charge in [-0.15, -0.1) is 0 Å². The molecule has 5 aromatic rings. The molecule has 0 saturated carbocycles. The highest BCUT2D eigenvalue weighted by molar-refractivity contribution is 7.99. The quantitative estimate of drug-likeness (QED) is 0.298. The Kier molecular flexibility index (Phi) is 6.18. The van der Waals surface area contributed by atoms with Gasteiger partial charge >= 0.3 is 0 Å². The van der Waals surface area contributed by atoms with Crippen LogP contribution in [0.4, 0.5) is 0 Å². The minimum absolute atomic E-state index is 0.228. The molecule has 2 heterocycles. The van der Waals surface area contributed by atoms with Crippen LogP contribution < -0.4 is 0 Å². The number of hydrogen-bond acceptors (Lipinski definition) is 4. The number of para-hydroxylation sites is 1. The summed E-state index contributed by atoms with van der Waals surface area (Å²) in [5, 5.41) is 11.2. The maximum Gasteiger partial charge on any atom is 0.124 e. The van der Waals surface area contributed by atoms with E-state index in [2.05, 4.69) is 47.4 Å². The Labute approximate surface area is 197 Å². The molecule has 0 fully saturated rings. The Morgan fingerprint density at radius 1 is 0.667 bits per heavy atom. The van der Waals surface area contributed by atoms with Crippen molar-refractivity contribution in [3.63, 3.8) is 0 Å². The zero-order chi connectivity index (χ0) is 22.5. The summed E-state index contributed by atoms with van der Waals surface area (Å²) in [5.74, 6) is 0.228. The molecule has 0 saturated heterocycles. The normalized spacial score (nSPS) is 10.8. The van der Waals surface area contributed by atoms with Gasteiger partial charge in [-0.05, 0) is 72.1 Å². The van der Waals surface area contributed by atoms with Gasteiger partial charge < -0.3 is 5.11 Å². The lowest BCUT2D eigenvalue weighted by molar-refractivity contribution is 0.477. The van der Waals surface area contributed by atoms with E-state index >= 15 is 0 Å². The monoisotopic (exact) mass is 446 g/mol. The SMILES string of the molecule is Oc1ccccc1-c1cccc(-c2cc(Cc3ccccc3)cc(Sc3ccccn3)c2)n1. The molecule has 0 aliphatic carbocycles. The molecule has 3 aromatic carbocycles. The fourth-order valence-electron chi connectivity index (χ4n) is 3.77. The second-order valence-corrected chi connectivity index (χ2v) is 8.82. The second-order valence-electron chi connectivity index (χ2n) is 7.72. The summed E-state index contributed by atoms with van der Waals surface area (Å²) in [6.07, 6.45) is 2.65. The van der Waals surface area contributed by atoms with Gasteiger partial charge in [0.25, 0.3) is 0 Å². The third-order valence-corrected chi connectivity index (χ3v) is 6.22. The molecule has 0 atom stereocenters. The van der Waals surface area contributed by atoms with Crippen LogP contribution in [0.1, 0.15) is 11.1 Å². The first-order valence-electron chi connectivity index (χ1n) is 10.8. The first-order valence-corrected chi connectivity index (χ1v) is 11.6. The van der Waals surface area contributed by atoms with Crippen molar-refractivity contribution in [2.45, 2.75) is 16.3 Å². The molecule has 33 heavy (non-hydrogen) atoms. The Hall–Kier alpha value is -3.89. The summed E-state index contributed by atoms with van der Waals surface area (Å²) in [6, 6.07) is 36.2. The summed E-state index contributed by atoms with van der Waals surface area (Å²) in [4.78, 5) is 10.5. The maximum absolute atomic E-state index is 10.3. The van der Waals surface area contributed by atoms with Gasteiger partial charge in [0.15, 0.2) is 0 Å². The predicted molar refractivity (Wildman–Crippen MR) is 134 cm³/mol. The number of hydrogen-bond donors (Lipinski definition) is 1. The third kappa shape index (κ3) is 5.13. The van der Waals surface area contributed by atoms with Crippen LogP contribution in [0.2, 0.25) is 0 Å². The van der Waals surface area contributed by atoms with E-state index in [4.69, 9.17) is 4.98 Å². The molecule has 1 N–H and O–H groups in total. The molecule has 4 heteroatoms. The van der Waals surface area contributed by atoms with Crippen molar-refractivity contribution in [1.82, 2.24) is 9.97 Å². The van der Waals surface area contributed by atoms with Crippen LogP contribution in [0.5, 0.6) is 5.75 Å². The molecule has 0 bridgehead atoms. The number of aromatic nitrogens is 2. The van der Waals surface area contributed by atoms with Gasteiger partial charge in [0.2, 0.25) is 0 Å². The first kappa shape index (κ1) is 21.0. The molecule has 5 rings (SSSR count). The number of phenolic OH excluding ortho intramolecular Hbond substituents is 1. The van der Waals surface area contributed by atoms with Crippen LogP contribution in [0.15, 0.2) is 125 Å².